The molecule has 0 saturated heterocycles. The number of rotatable bonds is 2. The molecule has 1 amide bonds. The first-order valence-electron chi connectivity index (χ1n) is 5.21. The van der Waals surface area contributed by atoms with Gasteiger partial charge in [-0.15, -0.1) is 0 Å². The number of carbonyl (C=O) groups excluding carboxylic acids is 1. The fourth-order valence-corrected chi connectivity index (χ4v) is 1.95. The molecule has 0 aliphatic heterocycles. The quantitative estimate of drug-likeness (QED) is 0.827. The number of hydrogen-bond acceptors (Lipinski definition) is 4. The Bertz CT molecular complexity index is 607. The number of pyridine rings is 1. The minimum atomic E-state index is -0.315. The van der Waals surface area contributed by atoms with Crippen LogP contribution in [0.1, 0.15) is 16.2 Å². The number of nitrogens with two attached hydrogens (primary N) is 1. The zero-order valence-corrected chi connectivity index (χ0v) is 11.5. The Kier molecular flexibility index (Phi) is 3.33. The van der Waals surface area contributed by atoms with Crippen LogP contribution in [0.5, 0.6) is 0 Å². The first-order valence-corrected chi connectivity index (χ1v) is 6.01. The number of amides is 1. The number of nitrogens with one attached hydrogen (secondary N) is 1. The van der Waals surface area contributed by atoms with Crippen molar-refractivity contribution in [2.45, 2.75) is 6.92 Å². The molecule has 0 aliphatic carbocycles. The largest absolute Gasteiger partial charge is 0.395 e. The molecule has 0 spiro atoms. The highest BCUT2D eigenvalue weighted by Crippen LogP contribution is 2.21. The molecule has 2 aromatic heterocycles. The summed E-state index contributed by atoms with van der Waals surface area (Å²) >= 11 is 3.26. The molecule has 6 nitrogen and oxygen atoms in total. The van der Waals surface area contributed by atoms with Crippen LogP contribution in [-0.2, 0) is 7.05 Å². The molecule has 0 unspecified atom stereocenters. The van der Waals surface area contributed by atoms with Gasteiger partial charge < -0.3 is 11.1 Å². The van der Waals surface area contributed by atoms with Gasteiger partial charge in [0.2, 0.25) is 0 Å². The zero-order chi connectivity index (χ0) is 13.3. The third-order valence-electron chi connectivity index (χ3n) is 2.49. The van der Waals surface area contributed by atoms with Gasteiger partial charge >= 0.3 is 0 Å². The topological polar surface area (TPSA) is 85.8 Å². The van der Waals surface area contributed by atoms with Crippen LogP contribution in [-0.4, -0.2) is 20.7 Å². The molecule has 3 N–H and O–H groups in total. The first-order chi connectivity index (χ1) is 8.50. The fraction of sp³-hybridized carbons (Fsp3) is 0.182. The number of nitrogen functional groups attached to an aromatic ring is 1. The van der Waals surface area contributed by atoms with Gasteiger partial charge in [-0.1, -0.05) is 0 Å². The maximum Gasteiger partial charge on any atom is 0.276 e. The van der Waals surface area contributed by atoms with Gasteiger partial charge in [-0.3, -0.25) is 9.48 Å². The highest BCUT2D eigenvalue weighted by Gasteiger charge is 2.18. The molecule has 0 aliphatic rings. The van der Waals surface area contributed by atoms with Crippen LogP contribution in [0.15, 0.2) is 22.9 Å². The minimum absolute atomic E-state index is 0.315. The lowest BCUT2D eigenvalue weighted by molar-refractivity contribution is 0.101. The normalized spacial score (nSPS) is 10.4. The van der Waals surface area contributed by atoms with Gasteiger partial charge in [0.25, 0.3) is 5.91 Å². The molecular weight excluding hydrogens is 298 g/mol. The third-order valence-corrected chi connectivity index (χ3v) is 3.12. The van der Waals surface area contributed by atoms with Gasteiger partial charge in [0.05, 0.1) is 17.1 Å². The number of halogens is 1. The number of carbonyl (C=O) groups is 1. The van der Waals surface area contributed by atoms with Crippen LogP contribution in [0.3, 0.4) is 0 Å². The van der Waals surface area contributed by atoms with E-state index >= 15 is 0 Å². The highest BCUT2D eigenvalue weighted by atomic mass is 79.9. The maximum atomic E-state index is 12.1. The van der Waals surface area contributed by atoms with E-state index in [0.717, 1.165) is 0 Å². The molecule has 2 aromatic rings. The summed E-state index contributed by atoms with van der Waals surface area (Å²) in [5.74, 6) is -0.315. The Morgan fingerprint density at radius 1 is 1.56 bits per heavy atom. The summed E-state index contributed by atoms with van der Waals surface area (Å²) in [5, 5.41) is 6.83. The van der Waals surface area contributed by atoms with Crippen molar-refractivity contribution in [2.24, 2.45) is 7.05 Å². The van der Waals surface area contributed by atoms with Gasteiger partial charge in [-0.05, 0) is 35.0 Å². The van der Waals surface area contributed by atoms with Gasteiger partial charge in [-0.2, -0.15) is 5.10 Å². The molecule has 2 rings (SSSR count). The second-order valence-corrected chi connectivity index (χ2v) is 4.52. The van der Waals surface area contributed by atoms with Crippen molar-refractivity contribution in [3.63, 3.8) is 0 Å². The first kappa shape index (κ1) is 12.6. The summed E-state index contributed by atoms with van der Waals surface area (Å²) in [6, 6.07) is 3.48. The van der Waals surface area contributed by atoms with Crippen molar-refractivity contribution in [1.29, 1.82) is 0 Å². The molecule has 0 saturated carbocycles. The Morgan fingerprint density at radius 2 is 2.28 bits per heavy atom. The Balaban J connectivity index is 2.31. The number of anilines is 2. The molecule has 0 radical (unpaired) electrons. The number of nitrogens with zero attached hydrogens (tertiary/aromatic N) is 3. The molecule has 18 heavy (non-hydrogen) atoms. The molecule has 0 aromatic carbocycles. The van der Waals surface area contributed by atoms with Crippen molar-refractivity contribution in [3.05, 3.63) is 34.3 Å². The van der Waals surface area contributed by atoms with E-state index in [-0.39, 0.29) is 5.91 Å². The number of aryl methyl sites for hydroxylation is 2. The number of hydrogen-bond donors (Lipinski definition) is 2. The van der Waals surface area contributed by atoms with Crippen LogP contribution in [0.25, 0.3) is 0 Å². The predicted octanol–water partition coefficient (Wildman–Crippen LogP) is 1.72. The van der Waals surface area contributed by atoms with Crippen molar-refractivity contribution >= 4 is 33.2 Å². The smallest absolute Gasteiger partial charge is 0.276 e. The van der Waals surface area contributed by atoms with Gasteiger partial charge in [-0.25, -0.2) is 4.98 Å². The lowest BCUT2D eigenvalue weighted by Gasteiger charge is -2.07. The highest BCUT2D eigenvalue weighted by molar-refractivity contribution is 9.10. The standard InChI is InChI=1S/C11H12BrN5O/c1-6-8(13)9(17(2)16-6)11(18)15-7-4-3-5-14-10(7)12/h3-5H,13H2,1-2H3,(H,15,18). The second-order valence-electron chi connectivity index (χ2n) is 3.77. The van der Waals surface area contributed by atoms with Crippen LogP contribution < -0.4 is 11.1 Å². The van der Waals surface area contributed by atoms with Crippen LogP contribution in [0, 0.1) is 6.92 Å². The monoisotopic (exact) mass is 309 g/mol. The van der Waals surface area contributed by atoms with E-state index in [4.69, 9.17) is 5.73 Å². The second kappa shape index (κ2) is 4.77. The van der Waals surface area contributed by atoms with E-state index in [1.165, 1.54) is 4.68 Å². The van der Waals surface area contributed by atoms with Gasteiger partial charge in [0, 0.05) is 13.2 Å². The Hall–Kier alpha value is -1.89. The average Bonchev–Trinajstić information content (AvgIpc) is 2.56. The Morgan fingerprint density at radius 3 is 2.83 bits per heavy atom. The molecular formula is C11H12BrN5O. The molecule has 94 valence electrons. The molecule has 7 heteroatoms. The summed E-state index contributed by atoms with van der Waals surface area (Å²) in [4.78, 5) is 16.1. The van der Waals surface area contributed by atoms with Crippen LogP contribution in [0.4, 0.5) is 11.4 Å². The van der Waals surface area contributed by atoms with E-state index in [2.05, 4.69) is 31.3 Å². The van der Waals surface area contributed by atoms with Crippen LogP contribution >= 0.6 is 15.9 Å². The molecule has 0 fully saturated rings. The van der Waals surface area contributed by atoms with Gasteiger partial charge in [0.1, 0.15) is 10.3 Å². The van der Waals surface area contributed by atoms with Crippen molar-refractivity contribution in [1.82, 2.24) is 14.8 Å². The van der Waals surface area contributed by atoms with Crippen molar-refractivity contribution in [2.75, 3.05) is 11.1 Å². The van der Waals surface area contributed by atoms with Gasteiger partial charge in [0.15, 0.2) is 0 Å². The van der Waals surface area contributed by atoms with E-state index in [9.17, 15) is 4.79 Å². The lowest BCUT2D eigenvalue weighted by atomic mass is 10.3. The summed E-state index contributed by atoms with van der Waals surface area (Å²) in [5.41, 5.74) is 7.76. The number of aromatic nitrogens is 3. The average molecular weight is 310 g/mol. The third kappa shape index (κ3) is 2.21. The SMILES string of the molecule is Cc1nn(C)c(C(=O)Nc2cccnc2Br)c1N. The molecule has 0 bridgehead atoms. The van der Waals surface area contributed by atoms with Crippen LogP contribution in [0.2, 0.25) is 0 Å². The van der Waals surface area contributed by atoms with E-state index < -0.39 is 0 Å². The Labute approximate surface area is 112 Å². The maximum absolute atomic E-state index is 12.1. The lowest BCUT2D eigenvalue weighted by Crippen LogP contribution is -2.18. The molecule has 2 heterocycles. The summed E-state index contributed by atoms with van der Waals surface area (Å²) in [6.45, 7) is 1.76. The fourth-order valence-electron chi connectivity index (χ4n) is 1.60. The van der Waals surface area contributed by atoms with Crippen molar-refractivity contribution < 1.29 is 4.79 Å². The predicted molar refractivity (Wildman–Crippen MR) is 72.2 cm³/mol. The van der Waals surface area contributed by atoms with E-state index in [1.54, 1.807) is 32.3 Å². The zero-order valence-electron chi connectivity index (χ0n) is 9.94. The van der Waals surface area contributed by atoms with E-state index in [1.807, 2.05) is 0 Å². The summed E-state index contributed by atoms with van der Waals surface area (Å²) in [7, 11) is 1.68. The molecule has 0 atom stereocenters. The van der Waals surface area contributed by atoms with Crippen molar-refractivity contribution in [3.8, 4) is 0 Å². The van der Waals surface area contributed by atoms with E-state index in [0.29, 0.717) is 27.4 Å². The summed E-state index contributed by atoms with van der Waals surface area (Å²) in [6.07, 6.45) is 1.63. The minimum Gasteiger partial charge on any atom is -0.395 e. The summed E-state index contributed by atoms with van der Waals surface area (Å²) < 4.78 is 2.03.